The number of halogens is 2. The maximum atomic E-state index is 14.7. The Hall–Kier alpha value is -3.48. The van der Waals surface area contributed by atoms with E-state index in [1.165, 1.54) is 23.0 Å². The lowest BCUT2D eigenvalue weighted by Crippen LogP contribution is -2.02. The Morgan fingerprint density at radius 2 is 1.88 bits per heavy atom. The van der Waals surface area contributed by atoms with Gasteiger partial charge in [-0.1, -0.05) is 48.0 Å². The van der Waals surface area contributed by atoms with Gasteiger partial charge < -0.3 is 0 Å². The van der Waals surface area contributed by atoms with Crippen LogP contribution in [0.2, 0.25) is 5.02 Å². The molecule has 0 bridgehead atoms. The fraction of sp³-hybridized carbons (Fsp3) is 0. The van der Waals surface area contributed by atoms with Crippen LogP contribution in [0.15, 0.2) is 60.0 Å². The van der Waals surface area contributed by atoms with E-state index in [0.717, 1.165) is 0 Å². The van der Waals surface area contributed by atoms with Crippen molar-refractivity contribution in [3.63, 3.8) is 0 Å². The van der Waals surface area contributed by atoms with Gasteiger partial charge in [-0.3, -0.25) is 0 Å². The summed E-state index contributed by atoms with van der Waals surface area (Å²) in [5, 5.41) is 7.99. The van der Waals surface area contributed by atoms with Gasteiger partial charge in [-0.15, -0.1) is 0 Å². The van der Waals surface area contributed by atoms with Crippen LogP contribution in [0.5, 0.6) is 0 Å². The Morgan fingerprint density at radius 3 is 2.62 bits per heavy atom. The molecule has 0 aliphatic rings. The number of fused-ring (bicyclic) bond motifs is 1. The number of aromatic nitrogens is 4. The van der Waals surface area contributed by atoms with Crippen molar-refractivity contribution in [2.24, 2.45) is 5.11 Å². The zero-order valence-corrected chi connectivity index (χ0v) is 13.8. The van der Waals surface area contributed by atoms with Crippen molar-refractivity contribution in [2.45, 2.75) is 0 Å². The van der Waals surface area contributed by atoms with Crippen LogP contribution in [0.25, 0.3) is 38.6 Å². The van der Waals surface area contributed by atoms with Gasteiger partial charge in [0, 0.05) is 21.6 Å². The average Bonchev–Trinajstić information content (AvgIpc) is 3.10. The van der Waals surface area contributed by atoms with Crippen molar-refractivity contribution in [3.8, 4) is 22.4 Å². The van der Waals surface area contributed by atoms with Crippen molar-refractivity contribution >= 4 is 23.2 Å². The Balaban J connectivity index is 2.23. The Labute approximate surface area is 151 Å². The molecule has 0 radical (unpaired) electrons. The normalized spacial score (nSPS) is 10.7. The van der Waals surface area contributed by atoms with Gasteiger partial charge in [0.05, 0.1) is 10.7 Å². The minimum Gasteiger partial charge on any atom is -0.209 e. The maximum Gasteiger partial charge on any atom is 0.253 e. The largest absolute Gasteiger partial charge is 0.253 e. The molecule has 0 fully saturated rings. The first-order valence-electron chi connectivity index (χ1n) is 7.49. The number of hydrogen-bond acceptors (Lipinski definition) is 4. The number of benzene rings is 2. The molecule has 0 aliphatic heterocycles. The topological polar surface area (TPSA) is 91.8 Å². The van der Waals surface area contributed by atoms with Crippen molar-refractivity contribution in [1.29, 1.82) is 0 Å². The fourth-order valence-corrected chi connectivity index (χ4v) is 3.03. The van der Waals surface area contributed by atoms with E-state index in [0.29, 0.717) is 11.3 Å². The van der Waals surface area contributed by atoms with E-state index < -0.39 is 5.82 Å². The fourth-order valence-electron chi connectivity index (χ4n) is 2.78. The van der Waals surface area contributed by atoms with Gasteiger partial charge in [-0.2, -0.15) is 14.6 Å². The van der Waals surface area contributed by atoms with Gasteiger partial charge in [0.2, 0.25) is 0 Å². The van der Waals surface area contributed by atoms with Gasteiger partial charge in [0.15, 0.2) is 0 Å². The monoisotopic (exact) mass is 365 g/mol. The first kappa shape index (κ1) is 16.0. The van der Waals surface area contributed by atoms with Gasteiger partial charge in [0.1, 0.15) is 18.0 Å². The first-order valence-corrected chi connectivity index (χ1v) is 7.87. The lowest BCUT2D eigenvalue weighted by Gasteiger charge is -2.15. The van der Waals surface area contributed by atoms with Crippen molar-refractivity contribution in [3.05, 3.63) is 76.1 Å². The second-order valence-electron chi connectivity index (χ2n) is 5.28. The van der Waals surface area contributed by atoms with E-state index in [9.17, 15) is 4.39 Å². The standard InChI is InChI=1S/C17H9ClFN7/c18-11-7-4-8-12(19)13(11)14-15(10-5-2-1-3-6-10)26-17(21-9-22-26)23-16(14)24-25-20/h1-9H. The highest BCUT2D eigenvalue weighted by atomic mass is 35.5. The van der Waals surface area contributed by atoms with E-state index in [1.807, 2.05) is 30.3 Å². The number of hydrogen-bond donors (Lipinski definition) is 0. The van der Waals surface area contributed by atoms with Crippen molar-refractivity contribution in [2.75, 3.05) is 0 Å². The molecule has 7 nitrogen and oxygen atoms in total. The van der Waals surface area contributed by atoms with Crippen LogP contribution in [-0.2, 0) is 0 Å². The molecule has 4 rings (SSSR count). The lowest BCUT2D eigenvalue weighted by atomic mass is 9.99. The third-order valence-corrected chi connectivity index (χ3v) is 4.12. The summed E-state index contributed by atoms with van der Waals surface area (Å²) in [6.45, 7) is 0. The molecule has 0 unspecified atom stereocenters. The molecule has 0 N–H and O–H groups in total. The smallest absolute Gasteiger partial charge is 0.209 e. The molecular weight excluding hydrogens is 357 g/mol. The summed E-state index contributed by atoms with van der Waals surface area (Å²) in [5.74, 6) is -0.369. The zero-order chi connectivity index (χ0) is 18.1. The summed E-state index contributed by atoms with van der Waals surface area (Å²) in [5.41, 5.74) is 10.5. The highest BCUT2D eigenvalue weighted by Gasteiger charge is 2.23. The number of nitrogens with zero attached hydrogens (tertiary/aromatic N) is 7. The molecule has 0 aliphatic carbocycles. The molecule has 0 atom stereocenters. The minimum atomic E-state index is -0.565. The van der Waals surface area contributed by atoms with Crippen LogP contribution in [0.3, 0.4) is 0 Å². The average molecular weight is 366 g/mol. The molecule has 4 aromatic rings. The predicted octanol–water partition coefficient (Wildman–Crippen LogP) is 5.19. The summed E-state index contributed by atoms with van der Waals surface area (Å²) in [7, 11) is 0. The predicted molar refractivity (Wildman–Crippen MR) is 95.4 cm³/mol. The molecule has 0 amide bonds. The van der Waals surface area contributed by atoms with Crippen molar-refractivity contribution in [1.82, 2.24) is 19.6 Å². The minimum absolute atomic E-state index is 0.0288. The van der Waals surface area contributed by atoms with Crippen LogP contribution in [-0.4, -0.2) is 19.6 Å². The molecule has 2 heterocycles. The second kappa shape index (κ2) is 6.44. The summed E-state index contributed by atoms with van der Waals surface area (Å²) < 4.78 is 16.1. The summed E-state index contributed by atoms with van der Waals surface area (Å²) in [4.78, 5) is 11.1. The molecular formula is C17H9ClFN7. The molecule has 26 heavy (non-hydrogen) atoms. The second-order valence-corrected chi connectivity index (χ2v) is 5.69. The van der Waals surface area contributed by atoms with Gasteiger partial charge in [0.25, 0.3) is 5.78 Å². The van der Waals surface area contributed by atoms with Gasteiger partial charge in [-0.05, 0) is 22.8 Å². The molecule has 126 valence electrons. The molecule has 9 heteroatoms. The van der Waals surface area contributed by atoms with E-state index in [1.54, 1.807) is 6.07 Å². The highest BCUT2D eigenvalue weighted by molar-refractivity contribution is 6.33. The molecule has 2 aromatic carbocycles. The van der Waals surface area contributed by atoms with E-state index in [4.69, 9.17) is 17.1 Å². The van der Waals surface area contributed by atoms with Crippen LogP contribution >= 0.6 is 11.6 Å². The number of rotatable bonds is 3. The first-order chi connectivity index (χ1) is 12.7. The van der Waals surface area contributed by atoms with Crippen LogP contribution in [0, 0.1) is 5.82 Å². The summed E-state index contributed by atoms with van der Waals surface area (Å²) in [6, 6.07) is 13.5. The quantitative estimate of drug-likeness (QED) is 0.284. The molecule has 2 aromatic heterocycles. The van der Waals surface area contributed by atoms with Crippen LogP contribution in [0.4, 0.5) is 10.2 Å². The zero-order valence-electron chi connectivity index (χ0n) is 13.1. The molecule has 0 saturated carbocycles. The Bertz CT molecular complexity index is 1150. The summed E-state index contributed by atoms with van der Waals surface area (Å²) in [6.07, 6.45) is 1.32. The highest BCUT2D eigenvalue weighted by Crippen LogP contribution is 2.42. The molecule has 0 saturated heterocycles. The van der Waals surface area contributed by atoms with E-state index >= 15 is 0 Å². The van der Waals surface area contributed by atoms with Crippen LogP contribution < -0.4 is 0 Å². The maximum absolute atomic E-state index is 14.7. The summed E-state index contributed by atoms with van der Waals surface area (Å²) >= 11 is 6.27. The third-order valence-electron chi connectivity index (χ3n) is 3.81. The molecule has 0 spiro atoms. The number of azide groups is 1. The van der Waals surface area contributed by atoms with Gasteiger partial charge >= 0.3 is 0 Å². The van der Waals surface area contributed by atoms with E-state index in [2.05, 4.69) is 25.1 Å². The Kier molecular flexibility index (Phi) is 3.96. The van der Waals surface area contributed by atoms with Crippen molar-refractivity contribution < 1.29 is 4.39 Å². The SMILES string of the molecule is [N-]=[N+]=Nc1nc2ncnn2c(-c2ccccc2)c1-c1c(F)cccc1Cl. The van der Waals surface area contributed by atoms with Gasteiger partial charge in [-0.25, -0.2) is 9.37 Å². The third kappa shape index (κ3) is 2.54. The Morgan fingerprint density at radius 1 is 1.08 bits per heavy atom. The van der Waals surface area contributed by atoms with E-state index in [-0.39, 0.29) is 27.7 Å². The lowest BCUT2D eigenvalue weighted by molar-refractivity contribution is 0.631. The van der Waals surface area contributed by atoms with Crippen LogP contribution in [0.1, 0.15) is 0 Å².